The molecule has 1 aliphatic heterocycles. The third kappa shape index (κ3) is 5.91. The lowest BCUT2D eigenvalue weighted by atomic mass is 10.2. The summed E-state index contributed by atoms with van der Waals surface area (Å²) in [7, 11) is 0. The van der Waals surface area contributed by atoms with Gasteiger partial charge in [0.1, 0.15) is 0 Å². The summed E-state index contributed by atoms with van der Waals surface area (Å²) in [5, 5.41) is 11.7. The van der Waals surface area contributed by atoms with E-state index in [0.29, 0.717) is 25.6 Å². The van der Waals surface area contributed by atoms with Crippen LogP contribution in [0.2, 0.25) is 0 Å². The summed E-state index contributed by atoms with van der Waals surface area (Å²) in [6.07, 6.45) is 2.92. The molecule has 1 rings (SSSR count). The van der Waals surface area contributed by atoms with Gasteiger partial charge in [0.05, 0.1) is 0 Å². The first-order valence-electron chi connectivity index (χ1n) is 7.96. The van der Waals surface area contributed by atoms with Crippen LogP contribution >= 0.6 is 0 Å². The molecule has 0 saturated carbocycles. The molecule has 2 amide bonds. The molecule has 6 nitrogen and oxygen atoms in total. The van der Waals surface area contributed by atoms with E-state index in [4.69, 9.17) is 5.11 Å². The van der Waals surface area contributed by atoms with Crippen LogP contribution in [0, 0.1) is 0 Å². The number of nitrogens with zero attached hydrogens (tertiary/aromatic N) is 2. The normalized spacial score (nSPS) is 19.0. The van der Waals surface area contributed by atoms with Crippen molar-refractivity contribution < 1.29 is 14.7 Å². The lowest BCUT2D eigenvalue weighted by molar-refractivity contribution is -0.137. The number of likely N-dealkylation sites (N-methyl/N-ethyl adjacent to an activating group) is 1. The summed E-state index contributed by atoms with van der Waals surface area (Å²) < 4.78 is 0. The van der Waals surface area contributed by atoms with Crippen molar-refractivity contribution in [1.29, 1.82) is 0 Å². The number of carbonyl (C=O) groups is 2. The maximum atomic E-state index is 12.3. The smallest absolute Gasteiger partial charge is 0.317 e. The molecular formula is C15H29N3O3. The number of hydrogen-bond acceptors (Lipinski definition) is 3. The molecule has 1 heterocycles. The van der Waals surface area contributed by atoms with Gasteiger partial charge in [0.15, 0.2) is 0 Å². The second-order valence-corrected chi connectivity index (χ2v) is 5.90. The van der Waals surface area contributed by atoms with E-state index >= 15 is 0 Å². The second kappa shape index (κ2) is 8.87. The first-order chi connectivity index (χ1) is 9.95. The van der Waals surface area contributed by atoms with Gasteiger partial charge in [0, 0.05) is 31.6 Å². The van der Waals surface area contributed by atoms with Crippen LogP contribution < -0.4 is 5.32 Å². The van der Waals surface area contributed by atoms with Gasteiger partial charge < -0.3 is 15.3 Å². The molecule has 1 unspecified atom stereocenters. The van der Waals surface area contributed by atoms with Crippen molar-refractivity contribution in [2.45, 2.75) is 58.5 Å². The third-order valence-corrected chi connectivity index (χ3v) is 4.07. The number of carbonyl (C=O) groups excluding carboxylic acids is 1. The van der Waals surface area contributed by atoms with E-state index in [1.54, 1.807) is 4.90 Å². The number of aliphatic carboxylic acids is 1. The maximum Gasteiger partial charge on any atom is 0.317 e. The Hall–Kier alpha value is -1.30. The van der Waals surface area contributed by atoms with Gasteiger partial charge >= 0.3 is 12.0 Å². The third-order valence-electron chi connectivity index (χ3n) is 4.07. The molecule has 0 aromatic carbocycles. The molecule has 0 aromatic heterocycles. The molecule has 21 heavy (non-hydrogen) atoms. The minimum atomic E-state index is -0.816. The average Bonchev–Trinajstić information content (AvgIpc) is 2.87. The molecule has 2 N–H and O–H groups in total. The zero-order valence-electron chi connectivity index (χ0n) is 13.5. The number of rotatable bonds is 8. The number of carboxylic acid groups (broad SMARTS) is 1. The van der Waals surface area contributed by atoms with Crippen molar-refractivity contribution in [2.75, 3.05) is 26.2 Å². The molecule has 0 bridgehead atoms. The fourth-order valence-electron chi connectivity index (χ4n) is 2.84. The Balaban J connectivity index is 2.40. The van der Waals surface area contributed by atoms with E-state index in [1.807, 2.05) is 13.8 Å². The molecule has 1 saturated heterocycles. The standard InChI is InChI=1S/C15H29N3O3/c1-4-17-9-5-7-13(17)11-16-15(21)18(12(2)3)10-6-8-14(19)20/h12-13H,4-11H2,1-3H3,(H,16,21)(H,19,20). The van der Waals surface area contributed by atoms with Gasteiger partial charge in [-0.3, -0.25) is 9.69 Å². The molecule has 6 heteroatoms. The maximum absolute atomic E-state index is 12.3. The van der Waals surface area contributed by atoms with Gasteiger partial charge in [-0.15, -0.1) is 0 Å². The number of urea groups is 1. The Morgan fingerprint density at radius 3 is 2.71 bits per heavy atom. The second-order valence-electron chi connectivity index (χ2n) is 5.90. The zero-order chi connectivity index (χ0) is 15.8. The topological polar surface area (TPSA) is 72.9 Å². The highest BCUT2D eigenvalue weighted by Crippen LogP contribution is 2.15. The van der Waals surface area contributed by atoms with Crippen LogP contribution in [0.5, 0.6) is 0 Å². The van der Waals surface area contributed by atoms with Gasteiger partial charge in [0.2, 0.25) is 0 Å². The lowest BCUT2D eigenvalue weighted by Crippen LogP contribution is -2.48. The Bertz CT molecular complexity index is 347. The lowest BCUT2D eigenvalue weighted by Gasteiger charge is -2.29. The fraction of sp³-hybridized carbons (Fsp3) is 0.867. The first-order valence-corrected chi connectivity index (χ1v) is 7.96. The molecule has 0 spiro atoms. The minimum absolute atomic E-state index is 0.0738. The van der Waals surface area contributed by atoms with Crippen molar-refractivity contribution in [2.24, 2.45) is 0 Å². The van der Waals surface area contributed by atoms with Crippen molar-refractivity contribution in [3.8, 4) is 0 Å². The first kappa shape index (κ1) is 17.8. The molecule has 0 aromatic rings. The predicted molar refractivity (Wildman–Crippen MR) is 82.4 cm³/mol. The summed E-state index contributed by atoms with van der Waals surface area (Å²) in [6.45, 7) is 9.35. The number of amides is 2. The van der Waals surface area contributed by atoms with Crippen LogP contribution in [0.4, 0.5) is 4.79 Å². The highest BCUT2D eigenvalue weighted by molar-refractivity contribution is 5.74. The Labute approximate surface area is 127 Å². The van der Waals surface area contributed by atoms with Gasteiger partial charge in [-0.1, -0.05) is 6.92 Å². The number of carboxylic acids is 1. The summed E-state index contributed by atoms with van der Waals surface area (Å²) in [5.74, 6) is -0.816. The van der Waals surface area contributed by atoms with E-state index < -0.39 is 5.97 Å². The zero-order valence-corrected chi connectivity index (χ0v) is 13.5. The molecular weight excluding hydrogens is 270 g/mol. The van der Waals surface area contributed by atoms with Crippen LogP contribution in [0.15, 0.2) is 0 Å². The summed E-state index contributed by atoms with van der Waals surface area (Å²) in [5.41, 5.74) is 0. The predicted octanol–water partition coefficient (Wildman–Crippen LogP) is 1.76. The molecule has 1 aliphatic rings. The summed E-state index contributed by atoms with van der Waals surface area (Å²) in [6, 6.07) is 0.426. The molecule has 1 fully saturated rings. The van der Waals surface area contributed by atoms with Crippen LogP contribution in [0.25, 0.3) is 0 Å². The van der Waals surface area contributed by atoms with Gasteiger partial charge in [-0.25, -0.2) is 4.79 Å². The van der Waals surface area contributed by atoms with Crippen molar-refractivity contribution in [3.05, 3.63) is 0 Å². The van der Waals surface area contributed by atoms with Crippen molar-refractivity contribution in [1.82, 2.24) is 15.1 Å². The minimum Gasteiger partial charge on any atom is -0.481 e. The summed E-state index contributed by atoms with van der Waals surface area (Å²) >= 11 is 0. The van der Waals surface area contributed by atoms with E-state index in [-0.39, 0.29) is 18.5 Å². The van der Waals surface area contributed by atoms with E-state index in [9.17, 15) is 9.59 Å². The number of likely N-dealkylation sites (tertiary alicyclic amines) is 1. The number of hydrogen-bond donors (Lipinski definition) is 2. The van der Waals surface area contributed by atoms with Crippen LogP contribution in [0.1, 0.15) is 46.5 Å². The Kier molecular flexibility index (Phi) is 7.50. The van der Waals surface area contributed by atoms with Gasteiger partial charge in [-0.05, 0) is 46.2 Å². The highest BCUT2D eigenvalue weighted by Gasteiger charge is 2.24. The van der Waals surface area contributed by atoms with Crippen molar-refractivity contribution in [3.63, 3.8) is 0 Å². The van der Waals surface area contributed by atoms with E-state index in [1.165, 1.54) is 6.42 Å². The van der Waals surface area contributed by atoms with Crippen molar-refractivity contribution >= 4 is 12.0 Å². The quantitative estimate of drug-likeness (QED) is 0.716. The largest absolute Gasteiger partial charge is 0.481 e. The molecule has 122 valence electrons. The average molecular weight is 299 g/mol. The van der Waals surface area contributed by atoms with E-state index in [2.05, 4.69) is 17.1 Å². The highest BCUT2D eigenvalue weighted by atomic mass is 16.4. The fourth-order valence-corrected chi connectivity index (χ4v) is 2.84. The van der Waals surface area contributed by atoms with Gasteiger partial charge in [0.25, 0.3) is 0 Å². The summed E-state index contributed by atoms with van der Waals surface area (Å²) in [4.78, 5) is 26.9. The van der Waals surface area contributed by atoms with Crippen LogP contribution in [0.3, 0.4) is 0 Å². The molecule has 1 atom stereocenters. The van der Waals surface area contributed by atoms with Crippen LogP contribution in [-0.4, -0.2) is 65.2 Å². The SMILES string of the molecule is CCN1CCCC1CNC(=O)N(CCCC(=O)O)C(C)C. The van der Waals surface area contributed by atoms with E-state index in [0.717, 1.165) is 19.5 Å². The number of nitrogens with one attached hydrogen (secondary N) is 1. The molecule has 0 aliphatic carbocycles. The van der Waals surface area contributed by atoms with Gasteiger partial charge in [-0.2, -0.15) is 0 Å². The molecule has 0 radical (unpaired) electrons. The Morgan fingerprint density at radius 1 is 1.43 bits per heavy atom. The Morgan fingerprint density at radius 2 is 2.14 bits per heavy atom. The monoisotopic (exact) mass is 299 g/mol. The van der Waals surface area contributed by atoms with Crippen LogP contribution in [-0.2, 0) is 4.79 Å².